The highest BCUT2D eigenvalue weighted by atomic mass is 32.2. The molecule has 0 aromatic rings. The lowest BCUT2D eigenvalue weighted by atomic mass is 10.1. The van der Waals surface area contributed by atoms with Crippen molar-refractivity contribution in [3.8, 4) is 0 Å². The van der Waals surface area contributed by atoms with Gasteiger partial charge in [-0.25, -0.2) is 8.42 Å². The molecule has 2 heterocycles. The molecule has 0 radical (unpaired) electrons. The zero-order valence-corrected chi connectivity index (χ0v) is 10.1. The quantitative estimate of drug-likeness (QED) is 0.674. The summed E-state index contributed by atoms with van der Waals surface area (Å²) in [5.41, 5.74) is 0. The van der Waals surface area contributed by atoms with Crippen LogP contribution in [0.1, 0.15) is 19.3 Å². The molecule has 1 amide bonds. The van der Waals surface area contributed by atoms with Crippen molar-refractivity contribution in [1.82, 2.24) is 10.2 Å². The predicted octanol–water partition coefficient (Wildman–Crippen LogP) is -0.616. The Kier molecular flexibility index (Phi) is 3.49. The van der Waals surface area contributed by atoms with E-state index in [4.69, 9.17) is 0 Å². The second-order valence-corrected chi connectivity index (χ2v) is 6.79. The van der Waals surface area contributed by atoms with Crippen LogP contribution in [0, 0.1) is 0 Å². The van der Waals surface area contributed by atoms with Crippen LogP contribution in [0.3, 0.4) is 0 Å². The number of hydrogen-bond acceptors (Lipinski definition) is 4. The molecule has 2 saturated heterocycles. The van der Waals surface area contributed by atoms with E-state index < -0.39 is 9.84 Å². The second-order valence-electron chi connectivity index (χ2n) is 4.63. The molecule has 2 rings (SSSR count). The number of rotatable bonds is 3. The van der Waals surface area contributed by atoms with Crippen molar-refractivity contribution in [2.75, 3.05) is 24.6 Å². The van der Waals surface area contributed by atoms with Gasteiger partial charge in [0.15, 0.2) is 9.84 Å². The first-order chi connectivity index (χ1) is 7.62. The maximum Gasteiger partial charge on any atom is 0.207 e. The number of likely N-dealkylation sites (tertiary alicyclic amines) is 1. The van der Waals surface area contributed by atoms with Crippen LogP contribution >= 0.6 is 0 Å². The minimum Gasteiger partial charge on any atom is -0.353 e. The Morgan fingerprint density at radius 1 is 1.12 bits per heavy atom. The van der Waals surface area contributed by atoms with Gasteiger partial charge in [-0.2, -0.15) is 0 Å². The van der Waals surface area contributed by atoms with Crippen LogP contribution in [0.25, 0.3) is 0 Å². The molecule has 0 spiro atoms. The summed E-state index contributed by atoms with van der Waals surface area (Å²) in [5, 5.41) is 2.65. The van der Waals surface area contributed by atoms with Gasteiger partial charge in [0.05, 0.1) is 17.5 Å². The van der Waals surface area contributed by atoms with Gasteiger partial charge in [0.25, 0.3) is 0 Å². The highest BCUT2D eigenvalue weighted by molar-refractivity contribution is 7.91. The molecule has 0 aromatic carbocycles. The van der Waals surface area contributed by atoms with Crippen LogP contribution in [-0.2, 0) is 14.6 Å². The number of sulfone groups is 1. The normalized spacial score (nSPS) is 34.8. The van der Waals surface area contributed by atoms with E-state index in [9.17, 15) is 13.2 Å². The van der Waals surface area contributed by atoms with E-state index in [1.807, 2.05) is 0 Å². The molecule has 16 heavy (non-hydrogen) atoms. The third-order valence-electron chi connectivity index (χ3n) is 3.46. The number of piperidine rings is 1. The van der Waals surface area contributed by atoms with E-state index >= 15 is 0 Å². The van der Waals surface area contributed by atoms with E-state index in [1.54, 1.807) is 0 Å². The molecule has 5 nitrogen and oxygen atoms in total. The van der Waals surface area contributed by atoms with Crippen molar-refractivity contribution in [2.45, 2.75) is 31.3 Å². The maximum absolute atomic E-state index is 11.6. The lowest BCUT2D eigenvalue weighted by Gasteiger charge is -2.34. The predicted molar refractivity (Wildman–Crippen MR) is 60.9 cm³/mol. The van der Waals surface area contributed by atoms with E-state index in [-0.39, 0.29) is 23.6 Å². The molecule has 0 bridgehead atoms. The largest absolute Gasteiger partial charge is 0.353 e. The second kappa shape index (κ2) is 4.71. The minimum atomic E-state index is -2.98. The first-order valence-electron chi connectivity index (χ1n) is 5.76. The third kappa shape index (κ3) is 2.55. The molecule has 2 atom stereocenters. The first-order valence-corrected chi connectivity index (χ1v) is 7.59. The van der Waals surface area contributed by atoms with Crippen molar-refractivity contribution >= 4 is 16.2 Å². The fourth-order valence-corrected chi connectivity index (χ4v) is 4.65. The number of nitrogens with zero attached hydrogens (tertiary/aromatic N) is 1. The maximum atomic E-state index is 11.6. The van der Waals surface area contributed by atoms with Gasteiger partial charge in [-0.3, -0.25) is 9.69 Å². The lowest BCUT2D eigenvalue weighted by molar-refractivity contribution is -0.110. The van der Waals surface area contributed by atoms with Crippen LogP contribution in [0.2, 0.25) is 0 Å². The summed E-state index contributed by atoms with van der Waals surface area (Å²) in [4.78, 5) is 12.7. The highest BCUT2D eigenvalue weighted by Gasteiger charge is 2.40. The third-order valence-corrected chi connectivity index (χ3v) is 5.18. The van der Waals surface area contributed by atoms with E-state index in [0.717, 1.165) is 25.9 Å². The average Bonchev–Trinajstić information content (AvgIpc) is 2.56. The molecule has 2 fully saturated rings. The molecule has 2 aliphatic heterocycles. The summed E-state index contributed by atoms with van der Waals surface area (Å²) in [6.07, 6.45) is 4.10. The van der Waals surface area contributed by atoms with Gasteiger partial charge < -0.3 is 5.32 Å². The summed E-state index contributed by atoms with van der Waals surface area (Å²) in [6, 6.07) is -0.240. The zero-order chi connectivity index (χ0) is 11.6. The molecule has 6 heteroatoms. The summed E-state index contributed by atoms with van der Waals surface area (Å²) in [7, 11) is -2.98. The summed E-state index contributed by atoms with van der Waals surface area (Å²) in [5.74, 6) is 0.283. The smallest absolute Gasteiger partial charge is 0.207 e. The molecular formula is C10H18N2O3S. The Morgan fingerprint density at radius 3 is 2.44 bits per heavy atom. The van der Waals surface area contributed by atoms with Gasteiger partial charge in [0.2, 0.25) is 6.41 Å². The number of carbonyl (C=O) groups is 1. The highest BCUT2D eigenvalue weighted by Crippen LogP contribution is 2.21. The summed E-state index contributed by atoms with van der Waals surface area (Å²) >= 11 is 0. The molecule has 1 N–H and O–H groups in total. The number of carbonyl (C=O) groups excluding carboxylic acids is 1. The van der Waals surface area contributed by atoms with Gasteiger partial charge in [-0.05, 0) is 25.9 Å². The van der Waals surface area contributed by atoms with Crippen LogP contribution in [0.5, 0.6) is 0 Å². The van der Waals surface area contributed by atoms with E-state index in [2.05, 4.69) is 10.2 Å². The van der Waals surface area contributed by atoms with Crippen molar-refractivity contribution in [1.29, 1.82) is 0 Å². The summed E-state index contributed by atoms with van der Waals surface area (Å²) < 4.78 is 23.2. The molecule has 0 unspecified atom stereocenters. The molecule has 0 aliphatic carbocycles. The van der Waals surface area contributed by atoms with Crippen LogP contribution in [0.15, 0.2) is 0 Å². The first kappa shape index (κ1) is 11.9. The molecule has 0 aromatic heterocycles. The number of amides is 1. The van der Waals surface area contributed by atoms with Crippen LogP contribution in [-0.4, -0.2) is 56.4 Å². The Morgan fingerprint density at radius 2 is 1.81 bits per heavy atom. The SMILES string of the molecule is O=CN[C@@H]1CS(=O)(=O)C[C@@H]1N1CCCCC1. The molecule has 0 saturated carbocycles. The van der Waals surface area contributed by atoms with Crippen molar-refractivity contribution in [3.05, 3.63) is 0 Å². The average molecular weight is 246 g/mol. The minimum absolute atomic E-state index is 0.0181. The van der Waals surface area contributed by atoms with Gasteiger partial charge in [0.1, 0.15) is 0 Å². The summed E-state index contributed by atoms with van der Waals surface area (Å²) in [6.45, 7) is 1.91. The fourth-order valence-electron chi connectivity index (χ4n) is 2.69. The van der Waals surface area contributed by atoms with Gasteiger partial charge in [-0.15, -0.1) is 0 Å². The molecular weight excluding hydrogens is 228 g/mol. The van der Waals surface area contributed by atoms with Crippen molar-refractivity contribution in [2.24, 2.45) is 0 Å². The Bertz CT molecular complexity index is 349. The van der Waals surface area contributed by atoms with Crippen LogP contribution < -0.4 is 5.32 Å². The van der Waals surface area contributed by atoms with Crippen molar-refractivity contribution < 1.29 is 13.2 Å². The van der Waals surface area contributed by atoms with Gasteiger partial charge in [-0.1, -0.05) is 6.42 Å². The van der Waals surface area contributed by atoms with Gasteiger partial charge in [0, 0.05) is 6.04 Å². The van der Waals surface area contributed by atoms with E-state index in [0.29, 0.717) is 6.41 Å². The zero-order valence-electron chi connectivity index (χ0n) is 9.26. The Labute approximate surface area is 96.1 Å². The topological polar surface area (TPSA) is 66.5 Å². The Balaban J connectivity index is 2.07. The standard InChI is InChI=1S/C10H18N2O3S/c13-8-11-9-6-16(14,15)7-10(9)12-4-2-1-3-5-12/h8-10H,1-7H2,(H,11,13)/t9-,10+/m1/s1. The number of nitrogens with one attached hydrogen (secondary N) is 1. The molecule has 92 valence electrons. The van der Waals surface area contributed by atoms with Gasteiger partial charge >= 0.3 is 0 Å². The Hall–Kier alpha value is -0.620. The van der Waals surface area contributed by atoms with E-state index in [1.165, 1.54) is 6.42 Å². The molecule has 2 aliphatic rings. The lowest BCUT2D eigenvalue weighted by Crippen LogP contribution is -2.50. The monoisotopic (exact) mass is 246 g/mol. The van der Waals surface area contributed by atoms with Crippen LogP contribution in [0.4, 0.5) is 0 Å². The van der Waals surface area contributed by atoms with Crippen molar-refractivity contribution in [3.63, 3.8) is 0 Å². The number of hydrogen-bond donors (Lipinski definition) is 1. The fraction of sp³-hybridized carbons (Fsp3) is 0.900.